The Hall–Kier alpha value is -4.66. The summed E-state index contributed by atoms with van der Waals surface area (Å²) < 4.78 is 26.8. The summed E-state index contributed by atoms with van der Waals surface area (Å²) in [5, 5.41) is 0. The van der Waals surface area contributed by atoms with E-state index in [0.717, 1.165) is 32.1 Å². The van der Waals surface area contributed by atoms with Crippen LogP contribution in [-0.4, -0.2) is 43.2 Å². The van der Waals surface area contributed by atoms with Gasteiger partial charge in [0.25, 0.3) is 0 Å². The summed E-state index contributed by atoms with van der Waals surface area (Å²) in [4.78, 5) is 49.5. The number of rotatable bonds is 17. The second-order valence-electron chi connectivity index (χ2n) is 10.2. The number of hydrogen-bond donors (Lipinski definition) is 0. The average molecular weight is 605 g/mol. The second kappa shape index (κ2) is 18.1. The fraction of sp³-hybridized carbons (Fsp3) is 0.371. The van der Waals surface area contributed by atoms with E-state index >= 15 is 0 Å². The van der Waals surface area contributed by atoms with Crippen molar-refractivity contribution in [2.45, 2.75) is 71.8 Å². The van der Waals surface area contributed by atoms with Gasteiger partial charge in [-0.15, -0.1) is 0 Å². The van der Waals surface area contributed by atoms with Gasteiger partial charge >= 0.3 is 23.9 Å². The van der Waals surface area contributed by atoms with Gasteiger partial charge in [0.1, 0.15) is 17.2 Å². The third-order valence-electron chi connectivity index (χ3n) is 6.57. The molecule has 0 fully saturated rings. The minimum absolute atomic E-state index is 0.186. The van der Waals surface area contributed by atoms with E-state index < -0.39 is 30.0 Å². The van der Waals surface area contributed by atoms with Crippen molar-refractivity contribution in [3.8, 4) is 17.2 Å². The Bertz CT molecular complexity index is 1350. The summed E-state index contributed by atoms with van der Waals surface area (Å²) in [5.41, 5.74) is 0.794. The first-order valence-electron chi connectivity index (χ1n) is 15.1. The topological polar surface area (TPSA) is 114 Å². The summed E-state index contributed by atoms with van der Waals surface area (Å²) in [7, 11) is 0. The van der Waals surface area contributed by atoms with Crippen LogP contribution in [0.4, 0.5) is 0 Å². The van der Waals surface area contributed by atoms with Gasteiger partial charge in [0.2, 0.25) is 0 Å². The molecule has 3 aromatic rings. The molecule has 0 aromatic heterocycles. The van der Waals surface area contributed by atoms with E-state index in [1.807, 2.05) is 6.92 Å². The molecule has 3 aromatic carbocycles. The minimum Gasteiger partial charge on any atom is -0.494 e. The van der Waals surface area contributed by atoms with Crippen molar-refractivity contribution in [3.05, 3.63) is 89.5 Å². The molecule has 0 radical (unpaired) electrons. The summed E-state index contributed by atoms with van der Waals surface area (Å²) in [6.45, 7) is 6.58. The Balaban J connectivity index is 1.45. The number of carbonyl (C=O) groups excluding carboxylic acids is 4. The van der Waals surface area contributed by atoms with Gasteiger partial charge in [-0.3, -0.25) is 0 Å². The van der Waals surface area contributed by atoms with Crippen molar-refractivity contribution >= 4 is 23.9 Å². The van der Waals surface area contributed by atoms with Crippen LogP contribution in [0.15, 0.2) is 72.8 Å². The van der Waals surface area contributed by atoms with Gasteiger partial charge in [-0.05, 0) is 92.6 Å². The highest BCUT2D eigenvalue weighted by Gasteiger charge is 2.20. The Kier molecular flexibility index (Phi) is 13.9. The van der Waals surface area contributed by atoms with Gasteiger partial charge in [0.05, 0.1) is 29.9 Å². The lowest BCUT2D eigenvalue weighted by Gasteiger charge is -2.13. The van der Waals surface area contributed by atoms with Gasteiger partial charge in [-0.25, -0.2) is 19.2 Å². The molecule has 0 aliphatic rings. The predicted molar refractivity (Wildman–Crippen MR) is 164 cm³/mol. The normalized spacial score (nSPS) is 11.2. The first kappa shape index (κ1) is 33.8. The second-order valence-corrected chi connectivity index (χ2v) is 10.2. The van der Waals surface area contributed by atoms with E-state index in [1.54, 1.807) is 24.3 Å². The van der Waals surface area contributed by atoms with Crippen LogP contribution in [0.1, 0.15) is 96.8 Å². The number of ether oxygens (including phenoxy) is 5. The summed E-state index contributed by atoms with van der Waals surface area (Å²) in [6, 6.07) is 18.5. The number of esters is 4. The quantitative estimate of drug-likeness (QED) is 0.0885. The smallest absolute Gasteiger partial charge is 0.347 e. The Labute approximate surface area is 258 Å². The highest BCUT2D eigenvalue weighted by molar-refractivity contribution is 5.93. The molecule has 1 atom stereocenters. The molecule has 44 heavy (non-hydrogen) atoms. The van der Waals surface area contributed by atoms with Crippen LogP contribution in [0.25, 0.3) is 0 Å². The first-order valence-corrected chi connectivity index (χ1v) is 15.1. The molecule has 0 aliphatic carbocycles. The maximum Gasteiger partial charge on any atom is 0.347 e. The van der Waals surface area contributed by atoms with Crippen LogP contribution in [-0.2, 0) is 14.3 Å². The Morgan fingerprint density at radius 1 is 0.545 bits per heavy atom. The fourth-order valence-electron chi connectivity index (χ4n) is 3.98. The van der Waals surface area contributed by atoms with E-state index in [-0.39, 0.29) is 29.2 Å². The molecule has 0 saturated heterocycles. The number of hydrogen-bond acceptors (Lipinski definition) is 9. The summed E-state index contributed by atoms with van der Waals surface area (Å²) in [5.74, 6) is -1.31. The van der Waals surface area contributed by atoms with Gasteiger partial charge < -0.3 is 23.7 Å². The van der Waals surface area contributed by atoms with Crippen molar-refractivity contribution in [2.75, 3.05) is 13.2 Å². The zero-order chi connectivity index (χ0) is 31.7. The SMILES string of the molecule is CCCCCCOc1ccc(C(=O)Oc2ccc(C(=O)Oc3ccc(C(=O)O[C@@H](C)C(=O)OCCCCC)cc3)cc2)cc1. The largest absolute Gasteiger partial charge is 0.494 e. The van der Waals surface area contributed by atoms with Crippen LogP contribution in [0.2, 0.25) is 0 Å². The predicted octanol–water partition coefficient (Wildman–Crippen LogP) is 7.36. The van der Waals surface area contributed by atoms with Crippen molar-refractivity contribution < 1.29 is 42.9 Å². The first-order chi connectivity index (χ1) is 21.3. The van der Waals surface area contributed by atoms with Crippen LogP contribution in [0.5, 0.6) is 17.2 Å². The lowest BCUT2D eigenvalue weighted by atomic mass is 10.2. The average Bonchev–Trinajstić information content (AvgIpc) is 3.03. The maximum atomic E-state index is 12.6. The Morgan fingerprint density at radius 3 is 1.48 bits per heavy atom. The fourth-order valence-corrected chi connectivity index (χ4v) is 3.98. The third-order valence-corrected chi connectivity index (χ3v) is 6.57. The van der Waals surface area contributed by atoms with E-state index in [0.29, 0.717) is 17.9 Å². The number of unbranched alkanes of at least 4 members (excludes halogenated alkanes) is 5. The molecule has 9 heteroatoms. The third kappa shape index (κ3) is 11.2. The van der Waals surface area contributed by atoms with E-state index in [2.05, 4.69) is 6.92 Å². The van der Waals surface area contributed by atoms with Crippen molar-refractivity contribution in [1.82, 2.24) is 0 Å². The van der Waals surface area contributed by atoms with E-state index in [4.69, 9.17) is 23.7 Å². The maximum absolute atomic E-state index is 12.6. The molecular formula is C35H40O9. The van der Waals surface area contributed by atoms with Gasteiger partial charge in [-0.1, -0.05) is 46.0 Å². The molecule has 0 bridgehead atoms. The lowest BCUT2D eigenvalue weighted by molar-refractivity contribution is -0.153. The molecule has 234 valence electrons. The highest BCUT2D eigenvalue weighted by atomic mass is 16.6. The molecule has 0 amide bonds. The summed E-state index contributed by atoms with van der Waals surface area (Å²) >= 11 is 0. The molecule has 0 spiro atoms. The number of carbonyl (C=O) groups is 4. The number of benzene rings is 3. The minimum atomic E-state index is -1.05. The molecular weight excluding hydrogens is 564 g/mol. The molecule has 0 aliphatic heterocycles. The van der Waals surface area contributed by atoms with Crippen molar-refractivity contribution in [3.63, 3.8) is 0 Å². The van der Waals surface area contributed by atoms with Crippen molar-refractivity contribution in [2.24, 2.45) is 0 Å². The van der Waals surface area contributed by atoms with Crippen molar-refractivity contribution in [1.29, 1.82) is 0 Å². The monoisotopic (exact) mass is 604 g/mol. The zero-order valence-electron chi connectivity index (χ0n) is 25.5. The van der Waals surface area contributed by atoms with Crippen LogP contribution in [0.3, 0.4) is 0 Å². The summed E-state index contributed by atoms with van der Waals surface area (Å²) in [6.07, 6.45) is 6.13. The van der Waals surface area contributed by atoms with E-state index in [1.165, 1.54) is 68.3 Å². The van der Waals surface area contributed by atoms with Gasteiger partial charge in [0.15, 0.2) is 6.10 Å². The zero-order valence-corrected chi connectivity index (χ0v) is 25.5. The molecule has 0 unspecified atom stereocenters. The highest BCUT2D eigenvalue weighted by Crippen LogP contribution is 2.20. The van der Waals surface area contributed by atoms with Crippen LogP contribution < -0.4 is 14.2 Å². The van der Waals surface area contributed by atoms with E-state index in [9.17, 15) is 19.2 Å². The lowest BCUT2D eigenvalue weighted by Crippen LogP contribution is -2.26. The Morgan fingerprint density at radius 2 is 0.977 bits per heavy atom. The molecule has 0 N–H and O–H groups in total. The van der Waals surface area contributed by atoms with Gasteiger partial charge in [-0.2, -0.15) is 0 Å². The standard InChI is InChI=1S/C35H40O9/c1-4-6-8-10-23-40-29-17-11-27(12-18-29)34(38)43-31-21-15-28(16-22-31)35(39)44-30-19-13-26(14-20-30)33(37)42-25(3)32(36)41-24-9-7-5-2/h11-22,25H,4-10,23-24H2,1-3H3/t25-/m0/s1. The molecule has 0 saturated carbocycles. The molecule has 9 nitrogen and oxygen atoms in total. The van der Waals surface area contributed by atoms with Gasteiger partial charge in [0, 0.05) is 0 Å². The van der Waals surface area contributed by atoms with Crippen LogP contribution in [0, 0.1) is 0 Å². The van der Waals surface area contributed by atoms with Crippen LogP contribution >= 0.6 is 0 Å². The molecule has 3 rings (SSSR count). The molecule has 0 heterocycles.